The number of nitrogens with one attached hydrogen (secondary N) is 2. The lowest BCUT2D eigenvalue weighted by atomic mass is 9.69. The van der Waals surface area contributed by atoms with Crippen LogP contribution in [-0.2, 0) is 0 Å². The van der Waals surface area contributed by atoms with Crippen LogP contribution in [0.2, 0.25) is 0 Å². The number of anilines is 2. The highest BCUT2D eigenvalue weighted by Crippen LogP contribution is 2.60. The molecule has 2 fully saturated rings. The molecule has 0 aromatic heterocycles. The minimum absolute atomic E-state index is 0.0846. The first-order valence-electron chi connectivity index (χ1n) is 7.16. The highest BCUT2D eigenvalue weighted by atomic mass is 16.3. The van der Waals surface area contributed by atoms with Crippen molar-refractivity contribution in [3.05, 3.63) is 23.3 Å². The molecular formula is C15H19N3O2. The Morgan fingerprint density at radius 1 is 1.20 bits per heavy atom. The van der Waals surface area contributed by atoms with Gasteiger partial charge in [-0.3, -0.25) is 0 Å². The van der Waals surface area contributed by atoms with Crippen LogP contribution in [0.5, 0.6) is 0 Å². The van der Waals surface area contributed by atoms with E-state index in [1.54, 1.807) is 0 Å². The Morgan fingerprint density at radius 3 is 2.70 bits per heavy atom. The van der Waals surface area contributed by atoms with Crippen LogP contribution in [0.3, 0.4) is 0 Å². The molecule has 1 aromatic rings. The second-order valence-corrected chi connectivity index (χ2v) is 6.29. The SMILES string of the molecule is N=Cc1c(N)ccc2c1[C@@H]1[C@H](CN2)[C@@H]2C[C@H]1C(O)C2O. The molecule has 5 heteroatoms. The summed E-state index contributed by atoms with van der Waals surface area (Å²) in [5.41, 5.74) is 9.47. The highest BCUT2D eigenvalue weighted by Gasteiger charge is 2.59. The third-order valence-electron chi connectivity index (χ3n) is 5.57. The number of fused-ring (bicyclic) bond motifs is 7. The summed E-state index contributed by atoms with van der Waals surface area (Å²) < 4.78 is 0. The first kappa shape index (κ1) is 12.2. The lowest BCUT2D eigenvalue weighted by Gasteiger charge is -2.42. The van der Waals surface area contributed by atoms with E-state index < -0.39 is 12.2 Å². The van der Waals surface area contributed by atoms with Crippen LogP contribution in [0.15, 0.2) is 12.1 Å². The van der Waals surface area contributed by atoms with Gasteiger partial charge in [0, 0.05) is 29.7 Å². The molecule has 1 aromatic carbocycles. The zero-order valence-electron chi connectivity index (χ0n) is 11.1. The fourth-order valence-corrected chi connectivity index (χ4v) is 4.73. The molecule has 4 rings (SSSR count). The van der Waals surface area contributed by atoms with E-state index in [4.69, 9.17) is 11.1 Å². The van der Waals surface area contributed by atoms with Gasteiger partial charge < -0.3 is 26.7 Å². The average molecular weight is 273 g/mol. The summed E-state index contributed by atoms with van der Waals surface area (Å²) in [5.74, 6) is 0.767. The number of hydrogen-bond acceptors (Lipinski definition) is 5. The van der Waals surface area contributed by atoms with E-state index in [1.807, 2.05) is 12.1 Å². The van der Waals surface area contributed by atoms with E-state index in [9.17, 15) is 10.2 Å². The van der Waals surface area contributed by atoms with Gasteiger partial charge in [0.2, 0.25) is 0 Å². The predicted octanol–water partition coefficient (Wildman–Crippen LogP) is 0.763. The summed E-state index contributed by atoms with van der Waals surface area (Å²) in [6.45, 7) is 0.823. The smallest absolute Gasteiger partial charge is 0.0836 e. The van der Waals surface area contributed by atoms with Crippen LogP contribution >= 0.6 is 0 Å². The fourth-order valence-electron chi connectivity index (χ4n) is 4.73. The molecule has 5 nitrogen and oxygen atoms in total. The van der Waals surface area contributed by atoms with Crippen LogP contribution in [0.25, 0.3) is 0 Å². The van der Waals surface area contributed by atoms with Gasteiger partial charge in [-0.2, -0.15) is 0 Å². The number of benzene rings is 1. The standard InChI is InChI=1S/C15H19N3O2/c16-4-8-10(17)1-2-11-13(8)12-7-3-6(9(12)5-18-11)14(19)15(7)20/h1-2,4,6-7,9,12,14-16,18-20H,3,5,17H2/t6-,7+,9+,12-,14?,15?/m0/s1. The molecule has 0 radical (unpaired) electrons. The minimum Gasteiger partial charge on any atom is -0.398 e. The van der Waals surface area contributed by atoms with Gasteiger partial charge in [0.05, 0.1) is 12.2 Å². The Labute approximate surface area is 117 Å². The van der Waals surface area contributed by atoms with Gasteiger partial charge in [0.1, 0.15) is 0 Å². The minimum atomic E-state index is -0.646. The quantitative estimate of drug-likeness (QED) is 0.385. The predicted molar refractivity (Wildman–Crippen MR) is 77.1 cm³/mol. The van der Waals surface area contributed by atoms with Crippen LogP contribution in [-0.4, -0.2) is 35.2 Å². The van der Waals surface area contributed by atoms with Gasteiger partial charge in [0.25, 0.3) is 0 Å². The van der Waals surface area contributed by atoms with E-state index in [1.165, 1.54) is 6.21 Å². The summed E-state index contributed by atoms with van der Waals surface area (Å²) in [4.78, 5) is 0. The van der Waals surface area contributed by atoms with Gasteiger partial charge in [-0.15, -0.1) is 0 Å². The van der Waals surface area contributed by atoms with Crippen LogP contribution < -0.4 is 11.1 Å². The first-order chi connectivity index (χ1) is 9.63. The zero-order chi connectivity index (χ0) is 14.0. The Bertz CT molecular complexity index is 589. The molecule has 2 bridgehead atoms. The lowest BCUT2D eigenvalue weighted by Crippen LogP contribution is -2.45. The van der Waals surface area contributed by atoms with Gasteiger partial charge in [-0.25, -0.2) is 0 Å². The van der Waals surface area contributed by atoms with Gasteiger partial charge >= 0.3 is 0 Å². The third kappa shape index (κ3) is 1.32. The van der Waals surface area contributed by atoms with Crippen molar-refractivity contribution in [1.29, 1.82) is 5.41 Å². The number of nitrogen functional groups attached to an aromatic ring is 1. The molecule has 0 spiro atoms. The monoisotopic (exact) mass is 273 g/mol. The Kier molecular flexibility index (Phi) is 2.41. The molecule has 2 unspecified atom stereocenters. The summed E-state index contributed by atoms with van der Waals surface area (Å²) in [7, 11) is 0. The van der Waals surface area contributed by atoms with E-state index in [2.05, 4.69) is 5.32 Å². The average Bonchev–Trinajstić information content (AvgIpc) is 2.97. The fraction of sp³-hybridized carbons (Fsp3) is 0.533. The molecule has 3 aliphatic rings. The van der Waals surface area contributed by atoms with Crippen molar-refractivity contribution in [1.82, 2.24) is 0 Å². The van der Waals surface area contributed by atoms with E-state index in [0.29, 0.717) is 11.6 Å². The van der Waals surface area contributed by atoms with Crippen molar-refractivity contribution in [3.8, 4) is 0 Å². The molecule has 2 aliphatic carbocycles. The molecule has 6 N–H and O–H groups in total. The van der Waals surface area contributed by atoms with Crippen LogP contribution in [0, 0.1) is 23.2 Å². The van der Waals surface area contributed by atoms with Gasteiger partial charge in [0.15, 0.2) is 0 Å². The number of rotatable bonds is 1. The van der Waals surface area contributed by atoms with E-state index >= 15 is 0 Å². The van der Waals surface area contributed by atoms with Gasteiger partial charge in [-0.1, -0.05) is 0 Å². The topological polar surface area (TPSA) is 102 Å². The molecule has 20 heavy (non-hydrogen) atoms. The molecule has 2 saturated carbocycles. The number of aliphatic hydroxyl groups is 2. The number of aliphatic hydroxyl groups excluding tert-OH is 2. The highest BCUT2D eigenvalue weighted by molar-refractivity contribution is 5.90. The molecule has 1 heterocycles. The van der Waals surface area contributed by atoms with Crippen molar-refractivity contribution in [2.24, 2.45) is 17.8 Å². The van der Waals surface area contributed by atoms with Crippen LogP contribution in [0.4, 0.5) is 11.4 Å². The summed E-state index contributed by atoms with van der Waals surface area (Å²) in [5, 5.41) is 31.4. The summed E-state index contributed by atoms with van der Waals surface area (Å²) in [6.07, 6.45) is 0.930. The molecule has 0 amide bonds. The largest absolute Gasteiger partial charge is 0.398 e. The summed E-state index contributed by atoms with van der Waals surface area (Å²) in [6, 6.07) is 3.79. The molecular weight excluding hydrogens is 254 g/mol. The lowest BCUT2D eigenvalue weighted by molar-refractivity contribution is -0.0409. The van der Waals surface area contributed by atoms with Crippen molar-refractivity contribution in [2.75, 3.05) is 17.6 Å². The molecule has 106 valence electrons. The Balaban J connectivity index is 1.88. The van der Waals surface area contributed by atoms with Crippen molar-refractivity contribution >= 4 is 17.6 Å². The van der Waals surface area contributed by atoms with Gasteiger partial charge in [-0.05, 0) is 47.8 Å². The van der Waals surface area contributed by atoms with Crippen LogP contribution in [0.1, 0.15) is 23.5 Å². The zero-order valence-corrected chi connectivity index (χ0v) is 11.1. The number of nitrogens with two attached hydrogens (primary N) is 1. The van der Waals surface area contributed by atoms with E-state index in [0.717, 1.165) is 29.8 Å². The maximum Gasteiger partial charge on any atom is 0.0836 e. The molecule has 1 aliphatic heterocycles. The van der Waals surface area contributed by atoms with Crippen molar-refractivity contribution < 1.29 is 10.2 Å². The molecule has 0 saturated heterocycles. The second kappa shape index (κ2) is 3.96. The Morgan fingerprint density at radius 2 is 1.95 bits per heavy atom. The second-order valence-electron chi connectivity index (χ2n) is 6.29. The van der Waals surface area contributed by atoms with E-state index in [-0.39, 0.29) is 17.8 Å². The maximum absolute atomic E-state index is 10.2. The van der Waals surface area contributed by atoms with Crippen molar-refractivity contribution in [3.63, 3.8) is 0 Å². The maximum atomic E-state index is 10.2. The number of hydrogen-bond donors (Lipinski definition) is 5. The third-order valence-corrected chi connectivity index (χ3v) is 5.57. The first-order valence-corrected chi connectivity index (χ1v) is 7.16. The normalized spacial score (nSPS) is 40.9. The van der Waals surface area contributed by atoms with Crippen molar-refractivity contribution in [2.45, 2.75) is 24.5 Å². The Hall–Kier alpha value is -1.59. The summed E-state index contributed by atoms with van der Waals surface area (Å²) >= 11 is 0. The molecule has 6 atom stereocenters.